The van der Waals surface area contributed by atoms with Crippen LogP contribution in [0.3, 0.4) is 0 Å². The average molecular weight is 329 g/mol. The first-order valence-electron chi connectivity index (χ1n) is 8.26. The van der Waals surface area contributed by atoms with Crippen molar-refractivity contribution in [1.29, 1.82) is 0 Å². The van der Waals surface area contributed by atoms with E-state index in [-0.39, 0.29) is 0 Å². The van der Waals surface area contributed by atoms with Crippen LogP contribution in [0.1, 0.15) is 61.3 Å². The van der Waals surface area contributed by atoms with Gasteiger partial charge in [0.25, 0.3) is 8.32 Å². The first-order chi connectivity index (χ1) is 10.2. The quantitative estimate of drug-likeness (QED) is 0.268. The molecule has 0 N–H and O–H groups in total. The number of carbonyl (C=O) groups excluding carboxylic acids is 2. The van der Waals surface area contributed by atoms with Gasteiger partial charge < -0.3 is 9.16 Å². The Balaban J connectivity index is 4.81. The number of rotatable bonds is 9. The Morgan fingerprint density at radius 1 is 0.909 bits per heavy atom. The van der Waals surface area contributed by atoms with Crippen LogP contribution >= 0.6 is 0 Å². The molecule has 0 unspecified atom stereocenters. The van der Waals surface area contributed by atoms with Gasteiger partial charge in [0.2, 0.25) is 0 Å². The van der Waals surface area contributed by atoms with Crippen LogP contribution in [0.25, 0.3) is 0 Å². The monoisotopic (exact) mass is 328 g/mol. The molecule has 5 heteroatoms. The van der Waals surface area contributed by atoms with Crippen molar-refractivity contribution in [2.24, 2.45) is 0 Å². The minimum Gasteiger partial charge on any atom is -0.515 e. The number of hydrogen-bond acceptors (Lipinski definition) is 4. The molecule has 0 aliphatic carbocycles. The van der Waals surface area contributed by atoms with Crippen molar-refractivity contribution in [2.75, 3.05) is 6.61 Å². The smallest absolute Gasteiger partial charge is 0.331 e. The summed E-state index contributed by atoms with van der Waals surface area (Å²) in [5, 5.41) is 0. The SMILES string of the molecule is CCCCOC(=O)/C=C\C(=O)O[Si](C(C)C)(C(C)C)C(C)C. The van der Waals surface area contributed by atoms with E-state index in [9.17, 15) is 9.59 Å². The molecule has 0 aliphatic heterocycles. The van der Waals surface area contributed by atoms with E-state index >= 15 is 0 Å². The molecular weight excluding hydrogens is 296 g/mol. The Hall–Kier alpha value is -1.10. The van der Waals surface area contributed by atoms with Crippen LogP contribution in [-0.2, 0) is 18.8 Å². The Morgan fingerprint density at radius 2 is 1.36 bits per heavy atom. The summed E-state index contributed by atoms with van der Waals surface area (Å²) in [6.07, 6.45) is 4.15. The number of unbranched alkanes of at least 4 members (excludes halogenated alkanes) is 1. The highest BCUT2D eigenvalue weighted by atomic mass is 28.4. The maximum atomic E-state index is 12.1. The summed E-state index contributed by atoms with van der Waals surface area (Å²) in [6.45, 7) is 15.1. The van der Waals surface area contributed by atoms with Gasteiger partial charge in [-0.3, -0.25) is 0 Å². The normalized spacial score (nSPS) is 12.5. The fourth-order valence-corrected chi connectivity index (χ4v) is 8.19. The predicted molar refractivity (Wildman–Crippen MR) is 92.1 cm³/mol. The maximum absolute atomic E-state index is 12.1. The lowest BCUT2D eigenvalue weighted by Crippen LogP contribution is -2.49. The summed E-state index contributed by atoms with van der Waals surface area (Å²) in [5.74, 6) is -0.925. The summed E-state index contributed by atoms with van der Waals surface area (Å²) >= 11 is 0. The molecule has 0 aromatic carbocycles. The van der Waals surface area contributed by atoms with Crippen molar-refractivity contribution in [2.45, 2.75) is 77.9 Å². The zero-order valence-corrected chi connectivity index (χ0v) is 16.1. The van der Waals surface area contributed by atoms with E-state index in [2.05, 4.69) is 41.5 Å². The number of carbonyl (C=O) groups is 2. The van der Waals surface area contributed by atoms with Crippen molar-refractivity contribution in [1.82, 2.24) is 0 Å². The molecule has 0 spiro atoms. The standard InChI is InChI=1S/C17H32O4Si/c1-8-9-12-20-16(18)10-11-17(19)21-22(13(2)3,14(4)5)15(6)7/h10-11,13-15H,8-9,12H2,1-7H3/b11-10-. The van der Waals surface area contributed by atoms with Crippen molar-refractivity contribution >= 4 is 20.3 Å². The Kier molecular flexibility index (Phi) is 9.33. The van der Waals surface area contributed by atoms with Gasteiger partial charge in [-0.15, -0.1) is 0 Å². The molecule has 0 rings (SSSR count). The molecule has 0 amide bonds. The molecular formula is C17H32O4Si. The highest BCUT2D eigenvalue weighted by Crippen LogP contribution is 2.42. The third kappa shape index (κ3) is 5.95. The highest BCUT2D eigenvalue weighted by molar-refractivity contribution is 6.79. The van der Waals surface area contributed by atoms with Crippen LogP contribution in [0.4, 0.5) is 0 Å². The molecule has 0 atom stereocenters. The van der Waals surface area contributed by atoms with Crippen molar-refractivity contribution in [3.63, 3.8) is 0 Å². The summed E-state index contributed by atoms with van der Waals surface area (Å²) in [5.41, 5.74) is 0.962. The molecule has 0 aromatic heterocycles. The van der Waals surface area contributed by atoms with Crippen LogP contribution < -0.4 is 0 Å². The van der Waals surface area contributed by atoms with Gasteiger partial charge in [-0.05, 0) is 23.0 Å². The summed E-state index contributed by atoms with van der Waals surface area (Å²) < 4.78 is 10.9. The lowest BCUT2D eigenvalue weighted by molar-refractivity contribution is -0.138. The number of esters is 1. The fraction of sp³-hybridized carbons (Fsp3) is 0.765. The van der Waals surface area contributed by atoms with Gasteiger partial charge in [0.1, 0.15) is 0 Å². The third-order valence-corrected chi connectivity index (χ3v) is 10.1. The molecule has 0 heterocycles. The molecule has 0 fully saturated rings. The minimum atomic E-state index is -2.25. The second-order valence-corrected chi connectivity index (χ2v) is 12.0. The zero-order valence-electron chi connectivity index (χ0n) is 15.1. The molecule has 0 aliphatic rings. The van der Waals surface area contributed by atoms with Crippen molar-refractivity contribution in [3.05, 3.63) is 12.2 Å². The van der Waals surface area contributed by atoms with Crippen LogP contribution in [0, 0.1) is 0 Å². The third-order valence-electron chi connectivity index (χ3n) is 4.08. The Morgan fingerprint density at radius 3 is 1.77 bits per heavy atom. The van der Waals surface area contributed by atoms with Gasteiger partial charge in [-0.25, -0.2) is 9.59 Å². The lowest BCUT2D eigenvalue weighted by atomic mass is 10.4. The number of hydrogen-bond donors (Lipinski definition) is 0. The molecule has 0 bridgehead atoms. The Labute approximate surface area is 136 Å². The molecule has 0 saturated heterocycles. The largest absolute Gasteiger partial charge is 0.515 e. The predicted octanol–water partition coefficient (Wildman–Crippen LogP) is 4.60. The van der Waals surface area contributed by atoms with Crippen molar-refractivity contribution < 1.29 is 18.8 Å². The zero-order chi connectivity index (χ0) is 17.3. The summed E-state index contributed by atoms with van der Waals surface area (Å²) in [7, 11) is -2.25. The molecule has 128 valence electrons. The van der Waals surface area contributed by atoms with E-state index in [4.69, 9.17) is 9.16 Å². The van der Waals surface area contributed by atoms with E-state index in [0.717, 1.165) is 18.9 Å². The molecule has 22 heavy (non-hydrogen) atoms. The molecule has 4 nitrogen and oxygen atoms in total. The first-order valence-corrected chi connectivity index (χ1v) is 10.4. The summed E-state index contributed by atoms with van der Waals surface area (Å²) in [4.78, 5) is 23.6. The van der Waals surface area contributed by atoms with E-state index in [1.165, 1.54) is 6.08 Å². The Bertz CT molecular complexity index is 364. The average Bonchev–Trinajstić information content (AvgIpc) is 2.41. The van der Waals surface area contributed by atoms with E-state index < -0.39 is 20.3 Å². The van der Waals surface area contributed by atoms with Crippen LogP contribution in [-0.4, -0.2) is 26.9 Å². The summed E-state index contributed by atoms with van der Waals surface area (Å²) in [6, 6.07) is 0. The van der Waals surface area contributed by atoms with Crippen LogP contribution in [0.2, 0.25) is 16.6 Å². The van der Waals surface area contributed by atoms with Crippen LogP contribution in [0.15, 0.2) is 12.2 Å². The topological polar surface area (TPSA) is 52.6 Å². The van der Waals surface area contributed by atoms with Gasteiger partial charge in [-0.2, -0.15) is 0 Å². The fourth-order valence-electron chi connectivity index (χ4n) is 3.06. The lowest BCUT2D eigenvalue weighted by Gasteiger charge is -2.40. The first kappa shape index (κ1) is 20.9. The van der Waals surface area contributed by atoms with Gasteiger partial charge in [-0.1, -0.05) is 54.9 Å². The maximum Gasteiger partial charge on any atom is 0.331 e. The van der Waals surface area contributed by atoms with Gasteiger partial charge in [0, 0.05) is 12.2 Å². The van der Waals surface area contributed by atoms with E-state index in [1.807, 2.05) is 6.92 Å². The minimum absolute atomic E-state index is 0.321. The molecule has 0 aromatic rings. The second-order valence-electron chi connectivity index (χ2n) is 6.59. The van der Waals surface area contributed by atoms with Gasteiger partial charge in [0.15, 0.2) is 0 Å². The van der Waals surface area contributed by atoms with E-state index in [0.29, 0.717) is 23.2 Å². The second kappa shape index (κ2) is 9.82. The van der Waals surface area contributed by atoms with Crippen LogP contribution in [0.5, 0.6) is 0 Å². The molecule has 0 radical (unpaired) electrons. The van der Waals surface area contributed by atoms with Gasteiger partial charge >= 0.3 is 11.9 Å². The van der Waals surface area contributed by atoms with Crippen molar-refractivity contribution in [3.8, 4) is 0 Å². The van der Waals surface area contributed by atoms with Gasteiger partial charge in [0.05, 0.1) is 6.61 Å². The van der Waals surface area contributed by atoms with E-state index in [1.54, 1.807) is 0 Å². The number of ether oxygens (including phenoxy) is 1. The molecule has 0 saturated carbocycles. The highest BCUT2D eigenvalue weighted by Gasteiger charge is 2.47.